The van der Waals surface area contributed by atoms with Crippen LogP contribution in [0.25, 0.3) is 6.08 Å². The number of halogens is 2. The van der Waals surface area contributed by atoms with Crippen LogP contribution in [-0.2, 0) is 4.79 Å². The fourth-order valence-corrected chi connectivity index (χ4v) is 3.12. The maximum absolute atomic E-state index is 12.4. The molecule has 5 nitrogen and oxygen atoms in total. The molecule has 0 saturated heterocycles. The van der Waals surface area contributed by atoms with Crippen LogP contribution in [0.5, 0.6) is 11.5 Å². The van der Waals surface area contributed by atoms with Crippen molar-refractivity contribution in [3.63, 3.8) is 0 Å². The number of carbonyl (C=O) groups is 1. The number of methoxy groups -OCH3 is 1. The fraction of sp³-hybridized carbons (Fsp3) is 0.200. The number of nitrogens with one attached hydrogen (secondary N) is 1. The van der Waals surface area contributed by atoms with E-state index in [2.05, 4.69) is 27.9 Å². The average molecular weight is 497 g/mol. The van der Waals surface area contributed by atoms with Gasteiger partial charge in [-0.25, -0.2) is 0 Å². The number of rotatable bonds is 7. The smallest absolute Gasteiger partial charge is 0.266 e. The molecule has 0 fully saturated rings. The highest BCUT2D eigenvalue weighted by Crippen LogP contribution is 2.34. The Morgan fingerprint density at radius 1 is 1.33 bits per heavy atom. The summed E-state index contributed by atoms with van der Waals surface area (Å²) in [5, 5.41) is 12.6. The zero-order valence-electron chi connectivity index (χ0n) is 14.9. The monoisotopic (exact) mass is 496 g/mol. The highest BCUT2D eigenvalue weighted by atomic mass is 127. The second-order valence-corrected chi connectivity index (χ2v) is 7.11. The summed E-state index contributed by atoms with van der Waals surface area (Å²) >= 11 is 7.98. The van der Waals surface area contributed by atoms with Gasteiger partial charge < -0.3 is 14.8 Å². The van der Waals surface area contributed by atoms with E-state index in [1.807, 2.05) is 19.1 Å². The van der Waals surface area contributed by atoms with Gasteiger partial charge in [0, 0.05) is 10.7 Å². The third-order valence-corrected chi connectivity index (χ3v) is 4.53. The predicted octanol–water partition coefficient (Wildman–Crippen LogP) is 5.29. The molecule has 0 bridgehead atoms. The molecule has 0 atom stereocenters. The van der Waals surface area contributed by atoms with Gasteiger partial charge in [-0.1, -0.05) is 18.5 Å². The molecule has 7 heteroatoms. The minimum atomic E-state index is -0.500. The van der Waals surface area contributed by atoms with Crippen molar-refractivity contribution >= 4 is 51.9 Å². The summed E-state index contributed by atoms with van der Waals surface area (Å²) in [4.78, 5) is 12.4. The number of nitrogens with zero attached hydrogens (tertiary/aromatic N) is 1. The van der Waals surface area contributed by atoms with E-state index in [0.717, 1.165) is 9.99 Å². The van der Waals surface area contributed by atoms with Crippen molar-refractivity contribution in [2.75, 3.05) is 19.0 Å². The number of ether oxygens (including phenoxy) is 2. The van der Waals surface area contributed by atoms with E-state index in [1.165, 1.54) is 6.08 Å². The van der Waals surface area contributed by atoms with Gasteiger partial charge in [0.05, 0.1) is 17.3 Å². The van der Waals surface area contributed by atoms with Crippen LogP contribution in [-0.4, -0.2) is 19.6 Å². The largest absolute Gasteiger partial charge is 0.493 e. The van der Waals surface area contributed by atoms with Crippen LogP contribution in [0.3, 0.4) is 0 Å². The first-order valence-electron chi connectivity index (χ1n) is 8.17. The molecule has 0 saturated carbocycles. The van der Waals surface area contributed by atoms with E-state index in [4.69, 9.17) is 21.1 Å². The Balaban J connectivity index is 2.28. The highest BCUT2D eigenvalue weighted by molar-refractivity contribution is 14.1. The summed E-state index contributed by atoms with van der Waals surface area (Å²) in [6.45, 7) is 2.60. The minimum absolute atomic E-state index is 0.0231. The van der Waals surface area contributed by atoms with Crippen molar-refractivity contribution in [3.8, 4) is 17.6 Å². The standard InChI is InChI=1S/C20H18ClIN2O3/c1-3-8-27-19-17(22)10-13(11-18(19)26-2)9-14(12-23)20(25)24-16-6-4-15(21)5-7-16/h4-7,9-11H,3,8H2,1-2H3,(H,24,25)/b14-9-. The van der Waals surface area contributed by atoms with Crippen LogP contribution < -0.4 is 14.8 Å². The van der Waals surface area contributed by atoms with Crippen LogP contribution in [0.2, 0.25) is 5.02 Å². The van der Waals surface area contributed by atoms with Gasteiger partial charge in [0.1, 0.15) is 11.6 Å². The lowest BCUT2D eigenvalue weighted by Gasteiger charge is -2.13. The van der Waals surface area contributed by atoms with Crippen LogP contribution in [0, 0.1) is 14.9 Å². The van der Waals surface area contributed by atoms with Gasteiger partial charge in [-0.3, -0.25) is 4.79 Å². The molecule has 0 heterocycles. The molecule has 2 aromatic carbocycles. The molecule has 0 aromatic heterocycles. The van der Waals surface area contributed by atoms with E-state index in [1.54, 1.807) is 37.4 Å². The zero-order valence-corrected chi connectivity index (χ0v) is 17.8. The molecule has 2 aromatic rings. The molecule has 1 amide bonds. The topological polar surface area (TPSA) is 71.3 Å². The van der Waals surface area contributed by atoms with Crippen molar-refractivity contribution in [1.29, 1.82) is 5.26 Å². The highest BCUT2D eigenvalue weighted by Gasteiger charge is 2.14. The zero-order chi connectivity index (χ0) is 19.8. The molecule has 0 unspecified atom stereocenters. The van der Waals surface area contributed by atoms with Gasteiger partial charge in [-0.15, -0.1) is 0 Å². The van der Waals surface area contributed by atoms with E-state index >= 15 is 0 Å². The van der Waals surface area contributed by atoms with Gasteiger partial charge in [-0.05, 0) is 77.0 Å². The molecule has 0 radical (unpaired) electrons. The van der Waals surface area contributed by atoms with Gasteiger partial charge >= 0.3 is 0 Å². The molecule has 2 rings (SSSR count). The number of nitriles is 1. The molecule has 0 aliphatic carbocycles. The molecule has 0 spiro atoms. The predicted molar refractivity (Wildman–Crippen MR) is 115 cm³/mol. The van der Waals surface area contributed by atoms with Gasteiger partial charge in [0.15, 0.2) is 11.5 Å². The summed E-state index contributed by atoms with van der Waals surface area (Å²) in [6, 6.07) is 12.2. The normalized spacial score (nSPS) is 10.9. The van der Waals surface area contributed by atoms with Gasteiger partial charge in [0.2, 0.25) is 0 Å². The first-order chi connectivity index (χ1) is 13.0. The van der Waals surface area contributed by atoms with Crippen LogP contribution in [0.4, 0.5) is 5.69 Å². The van der Waals surface area contributed by atoms with E-state index in [0.29, 0.717) is 34.4 Å². The number of hydrogen-bond donors (Lipinski definition) is 1. The summed E-state index contributed by atoms with van der Waals surface area (Å²) in [7, 11) is 1.55. The number of anilines is 1. The first-order valence-corrected chi connectivity index (χ1v) is 9.63. The number of carbonyl (C=O) groups excluding carboxylic acids is 1. The van der Waals surface area contributed by atoms with E-state index in [-0.39, 0.29) is 5.57 Å². The Kier molecular flexibility index (Phi) is 7.95. The maximum Gasteiger partial charge on any atom is 0.266 e. The van der Waals surface area contributed by atoms with Crippen LogP contribution in [0.1, 0.15) is 18.9 Å². The van der Waals surface area contributed by atoms with Crippen molar-refractivity contribution in [2.45, 2.75) is 13.3 Å². The average Bonchev–Trinajstić information content (AvgIpc) is 2.66. The summed E-state index contributed by atoms with van der Waals surface area (Å²) in [6.07, 6.45) is 2.39. The molecule has 0 aliphatic rings. The third kappa shape index (κ3) is 5.88. The van der Waals surface area contributed by atoms with E-state index in [9.17, 15) is 10.1 Å². The summed E-state index contributed by atoms with van der Waals surface area (Å²) in [5.41, 5.74) is 1.20. The first kappa shape index (κ1) is 21.1. The Morgan fingerprint density at radius 3 is 2.63 bits per heavy atom. The Bertz CT molecular complexity index is 889. The second kappa shape index (κ2) is 10.2. The lowest BCUT2D eigenvalue weighted by atomic mass is 10.1. The summed E-state index contributed by atoms with van der Waals surface area (Å²) < 4.78 is 11.9. The number of amides is 1. The maximum atomic E-state index is 12.4. The molecular weight excluding hydrogens is 479 g/mol. The van der Waals surface area contributed by atoms with Gasteiger partial charge in [-0.2, -0.15) is 5.26 Å². The summed E-state index contributed by atoms with van der Waals surface area (Å²) in [5.74, 6) is 0.707. The Labute approximate surface area is 177 Å². The molecule has 1 N–H and O–H groups in total. The van der Waals surface area contributed by atoms with Crippen molar-refractivity contribution in [3.05, 3.63) is 56.1 Å². The lowest BCUT2D eigenvalue weighted by Crippen LogP contribution is -2.13. The fourth-order valence-electron chi connectivity index (χ4n) is 2.21. The Hall–Kier alpha value is -2.24. The lowest BCUT2D eigenvalue weighted by molar-refractivity contribution is -0.112. The van der Waals surface area contributed by atoms with Crippen molar-refractivity contribution < 1.29 is 14.3 Å². The van der Waals surface area contributed by atoms with Crippen LogP contribution >= 0.6 is 34.2 Å². The number of benzene rings is 2. The van der Waals surface area contributed by atoms with Crippen LogP contribution in [0.15, 0.2) is 42.0 Å². The third-order valence-electron chi connectivity index (χ3n) is 3.48. The Morgan fingerprint density at radius 2 is 2.04 bits per heavy atom. The van der Waals surface area contributed by atoms with E-state index < -0.39 is 5.91 Å². The quantitative estimate of drug-likeness (QED) is 0.321. The molecule has 0 aliphatic heterocycles. The van der Waals surface area contributed by atoms with Crippen molar-refractivity contribution in [2.24, 2.45) is 0 Å². The van der Waals surface area contributed by atoms with Gasteiger partial charge in [0.25, 0.3) is 5.91 Å². The molecule has 140 valence electrons. The van der Waals surface area contributed by atoms with Crippen molar-refractivity contribution in [1.82, 2.24) is 0 Å². The molecular formula is C20H18ClIN2O3. The molecule has 27 heavy (non-hydrogen) atoms. The minimum Gasteiger partial charge on any atom is -0.493 e. The second-order valence-electron chi connectivity index (χ2n) is 5.51. The SMILES string of the molecule is CCCOc1c(I)cc(/C=C(/C#N)C(=O)Nc2ccc(Cl)cc2)cc1OC. The number of hydrogen-bond acceptors (Lipinski definition) is 4.